The Kier molecular flexibility index (Phi) is 10.7. The maximum Gasteiger partial charge on any atom is 0.272 e. The molecule has 0 atom stereocenters. The topological polar surface area (TPSA) is 87.3 Å². The minimum atomic E-state index is -0.583. The number of thioether (sulfide) groups is 1. The highest BCUT2D eigenvalue weighted by molar-refractivity contribution is 8.00. The van der Waals surface area contributed by atoms with Crippen LogP contribution in [-0.2, 0) is 9.59 Å². The Balaban J connectivity index is 1.48. The van der Waals surface area contributed by atoms with Gasteiger partial charge < -0.3 is 16.0 Å². The molecule has 41 heavy (non-hydrogen) atoms. The van der Waals surface area contributed by atoms with Gasteiger partial charge in [0, 0.05) is 16.1 Å². The summed E-state index contributed by atoms with van der Waals surface area (Å²) in [6.07, 6.45) is 1.45. The Morgan fingerprint density at radius 1 is 0.732 bits per heavy atom. The van der Waals surface area contributed by atoms with Gasteiger partial charge in [-0.3, -0.25) is 14.4 Å². The zero-order valence-corrected chi connectivity index (χ0v) is 24.9. The smallest absolute Gasteiger partial charge is 0.272 e. The van der Waals surface area contributed by atoms with E-state index < -0.39 is 11.8 Å². The number of benzene rings is 4. The van der Waals surface area contributed by atoms with E-state index in [4.69, 9.17) is 46.4 Å². The number of carbonyl (C=O) groups excluding carboxylic acids is 3. The van der Waals surface area contributed by atoms with Crippen LogP contribution < -0.4 is 16.0 Å². The molecule has 0 aromatic heterocycles. The van der Waals surface area contributed by atoms with Crippen LogP contribution in [0.15, 0.2) is 102 Å². The van der Waals surface area contributed by atoms with Gasteiger partial charge in [-0.05, 0) is 60.2 Å². The molecule has 3 amide bonds. The molecule has 0 aliphatic carbocycles. The van der Waals surface area contributed by atoms with Gasteiger partial charge >= 0.3 is 0 Å². The van der Waals surface area contributed by atoms with Crippen molar-refractivity contribution >= 4 is 93.3 Å². The van der Waals surface area contributed by atoms with Gasteiger partial charge in [0.15, 0.2) is 0 Å². The van der Waals surface area contributed by atoms with E-state index in [9.17, 15) is 14.4 Å². The largest absolute Gasteiger partial charge is 0.324 e. The molecule has 6 nitrogen and oxygen atoms in total. The summed E-state index contributed by atoms with van der Waals surface area (Å²) in [5, 5.41) is 9.34. The fourth-order valence-corrected chi connectivity index (χ4v) is 4.99. The number of amides is 3. The number of carbonyl (C=O) groups is 3. The molecule has 0 radical (unpaired) electrons. The molecule has 208 valence electrons. The first-order valence-corrected chi connectivity index (χ1v) is 14.5. The molecule has 11 heteroatoms. The lowest BCUT2D eigenvalue weighted by Crippen LogP contribution is -2.30. The van der Waals surface area contributed by atoms with Gasteiger partial charge in [-0.15, -0.1) is 11.8 Å². The monoisotopic (exact) mass is 643 g/mol. The Hall–Kier alpha value is -3.46. The van der Waals surface area contributed by atoms with Gasteiger partial charge in [0.1, 0.15) is 5.70 Å². The summed E-state index contributed by atoms with van der Waals surface area (Å²) in [5.41, 5.74) is 1.66. The number of rotatable bonds is 9. The summed E-state index contributed by atoms with van der Waals surface area (Å²) in [6, 6.07) is 25.4. The first kappa shape index (κ1) is 30.5. The van der Waals surface area contributed by atoms with Crippen molar-refractivity contribution in [2.45, 2.75) is 4.90 Å². The molecule has 0 unspecified atom stereocenters. The number of halogens is 4. The first-order valence-electron chi connectivity index (χ1n) is 12.0. The van der Waals surface area contributed by atoms with Gasteiger partial charge in [-0.2, -0.15) is 0 Å². The molecule has 4 aromatic rings. The maximum atomic E-state index is 13.4. The van der Waals surface area contributed by atoms with E-state index in [0.29, 0.717) is 32.5 Å². The van der Waals surface area contributed by atoms with Crippen LogP contribution in [0.3, 0.4) is 0 Å². The lowest BCUT2D eigenvalue weighted by atomic mass is 10.1. The van der Waals surface area contributed by atoms with Gasteiger partial charge in [-0.1, -0.05) is 88.9 Å². The average Bonchev–Trinajstić information content (AvgIpc) is 2.97. The van der Waals surface area contributed by atoms with Crippen molar-refractivity contribution in [2.75, 3.05) is 16.4 Å². The second-order valence-electron chi connectivity index (χ2n) is 8.44. The second-order valence-corrected chi connectivity index (χ2v) is 11.1. The van der Waals surface area contributed by atoms with Gasteiger partial charge in [0.2, 0.25) is 5.91 Å². The van der Waals surface area contributed by atoms with Gasteiger partial charge in [-0.25, -0.2) is 0 Å². The minimum Gasteiger partial charge on any atom is -0.324 e. The van der Waals surface area contributed by atoms with Crippen LogP contribution in [0.1, 0.15) is 15.9 Å². The predicted octanol–water partition coefficient (Wildman–Crippen LogP) is 8.44. The Labute approximate surface area is 261 Å². The molecule has 4 aromatic carbocycles. The zero-order chi connectivity index (χ0) is 29.4. The van der Waals surface area contributed by atoms with Crippen LogP contribution in [0.2, 0.25) is 20.1 Å². The number of nitrogens with one attached hydrogen (secondary N) is 3. The molecule has 0 aliphatic rings. The average molecular weight is 645 g/mol. The Bertz CT molecular complexity index is 1630. The molecule has 0 fully saturated rings. The molecule has 4 rings (SSSR count). The molecular weight excluding hydrogens is 624 g/mol. The van der Waals surface area contributed by atoms with Gasteiger partial charge in [0.05, 0.1) is 31.5 Å². The molecule has 0 aliphatic heterocycles. The van der Waals surface area contributed by atoms with Crippen molar-refractivity contribution in [3.05, 3.63) is 128 Å². The van der Waals surface area contributed by atoms with Crippen LogP contribution in [0.5, 0.6) is 0 Å². The summed E-state index contributed by atoms with van der Waals surface area (Å²) in [6.45, 7) is 0. The van der Waals surface area contributed by atoms with E-state index in [-0.39, 0.29) is 27.4 Å². The van der Waals surface area contributed by atoms with E-state index in [1.807, 2.05) is 0 Å². The van der Waals surface area contributed by atoms with Crippen LogP contribution >= 0.6 is 58.2 Å². The van der Waals surface area contributed by atoms with Crippen molar-refractivity contribution < 1.29 is 14.4 Å². The van der Waals surface area contributed by atoms with E-state index in [2.05, 4.69) is 16.0 Å². The van der Waals surface area contributed by atoms with E-state index >= 15 is 0 Å². The third kappa shape index (κ3) is 8.52. The van der Waals surface area contributed by atoms with Crippen molar-refractivity contribution in [1.29, 1.82) is 0 Å². The normalized spacial score (nSPS) is 11.1. The minimum absolute atomic E-state index is 0.0427. The van der Waals surface area contributed by atoms with E-state index in [1.165, 1.54) is 17.8 Å². The number of hydrogen-bond donors (Lipinski definition) is 3. The summed E-state index contributed by atoms with van der Waals surface area (Å²) in [4.78, 5) is 39.4. The predicted molar refractivity (Wildman–Crippen MR) is 169 cm³/mol. The molecular formula is C30H21Cl4N3O3S. The maximum absolute atomic E-state index is 13.4. The van der Waals surface area contributed by atoms with E-state index in [0.717, 1.165) is 4.90 Å². The van der Waals surface area contributed by atoms with Crippen molar-refractivity contribution in [3.8, 4) is 0 Å². The summed E-state index contributed by atoms with van der Waals surface area (Å²) in [5.74, 6) is -1.24. The highest BCUT2D eigenvalue weighted by atomic mass is 35.5. The SMILES string of the molecule is O=C(CSc1cccc(NC(=O)/C(=C\c2cccc(Cl)c2Cl)NC(=O)c2ccccc2)c1)Nc1cccc(Cl)c1Cl. The summed E-state index contributed by atoms with van der Waals surface area (Å²) in [7, 11) is 0. The third-order valence-electron chi connectivity index (χ3n) is 5.50. The van der Waals surface area contributed by atoms with Crippen LogP contribution in [0.25, 0.3) is 6.08 Å². The molecule has 0 saturated heterocycles. The summed E-state index contributed by atoms with van der Waals surface area (Å²) >= 11 is 25.9. The lowest BCUT2D eigenvalue weighted by Gasteiger charge is -2.13. The first-order chi connectivity index (χ1) is 19.7. The van der Waals surface area contributed by atoms with Crippen molar-refractivity contribution in [1.82, 2.24) is 5.32 Å². The molecule has 0 bridgehead atoms. The fourth-order valence-electron chi connectivity index (χ4n) is 3.53. The third-order valence-corrected chi connectivity index (χ3v) is 8.14. The lowest BCUT2D eigenvalue weighted by molar-refractivity contribution is -0.114. The quantitative estimate of drug-likeness (QED) is 0.126. The highest BCUT2D eigenvalue weighted by Crippen LogP contribution is 2.30. The molecule has 0 saturated carbocycles. The second kappa shape index (κ2) is 14.4. The highest BCUT2D eigenvalue weighted by Gasteiger charge is 2.17. The van der Waals surface area contributed by atoms with E-state index in [1.54, 1.807) is 91.0 Å². The fraction of sp³-hybridized carbons (Fsp3) is 0.0333. The van der Waals surface area contributed by atoms with Gasteiger partial charge in [0.25, 0.3) is 11.8 Å². The van der Waals surface area contributed by atoms with Crippen LogP contribution in [0, 0.1) is 0 Å². The number of anilines is 2. The van der Waals surface area contributed by atoms with Crippen molar-refractivity contribution in [2.24, 2.45) is 0 Å². The van der Waals surface area contributed by atoms with Crippen LogP contribution in [0.4, 0.5) is 11.4 Å². The standard InChI is InChI=1S/C30H21Cl4N3O3S/c31-22-12-4-9-19(27(22)33)15-25(37-29(39)18-7-2-1-3-8-18)30(40)35-20-10-5-11-21(16-20)41-17-26(38)36-24-14-6-13-23(32)28(24)34/h1-16H,17H2,(H,35,40)(H,36,38)(H,37,39)/b25-15+. The molecule has 3 N–H and O–H groups in total. The molecule has 0 spiro atoms. The number of hydrogen-bond acceptors (Lipinski definition) is 4. The van der Waals surface area contributed by atoms with Crippen LogP contribution in [-0.4, -0.2) is 23.5 Å². The van der Waals surface area contributed by atoms with Crippen molar-refractivity contribution in [3.63, 3.8) is 0 Å². The molecule has 0 heterocycles. The zero-order valence-electron chi connectivity index (χ0n) is 21.1. The Morgan fingerprint density at radius 2 is 1.41 bits per heavy atom. The summed E-state index contributed by atoms with van der Waals surface area (Å²) < 4.78 is 0. The Morgan fingerprint density at radius 3 is 2.17 bits per heavy atom.